The van der Waals surface area contributed by atoms with Crippen molar-refractivity contribution in [3.8, 4) is 5.75 Å². The van der Waals surface area contributed by atoms with Crippen LogP contribution in [0.3, 0.4) is 0 Å². The summed E-state index contributed by atoms with van der Waals surface area (Å²) in [7, 11) is 5.95. The summed E-state index contributed by atoms with van der Waals surface area (Å²) < 4.78 is 5.41. The zero-order valence-corrected chi connectivity index (χ0v) is 11.9. The highest BCUT2D eigenvalue weighted by Gasteiger charge is 2.25. The summed E-state index contributed by atoms with van der Waals surface area (Å²) in [5, 5.41) is 3.26. The topological polar surface area (TPSA) is 24.5 Å². The number of ether oxygens (including phenoxy) is 1. The zero-order chi connectivity index (χ0) is 13.1. The highest BCUT2D eigenvalue weighted by molar-refractivity contribution is 5.64. The fourth-order valence-corrected chi connectivity index (χ4v) is 2.96. The second kappa shape index (κ2) is 5.61. The predicted molar refractivity (Wildman–Crippen MR) is 76.9 cm³/mol. The van der Waals surface area contributed by atoms with Gasteiger partial charge in [-0.1, -0.05) is 0 Å². The van der Waals surface area contributed by atoms with Gasteiger partial charge in [-0.25, -0.2) is 0 Å². The third-order valence-electron chi connectivity index (χ3n) is 3.92. The van der Waals surface area contributed by atoms with Gasteiger partial charge in [0.2, 0.25) is 0 Å². The van der Waals surface area contributed by atoms with Gasteiger partial charge >= 0.3 is 0 Å². The Labute approximate surface area is 110 Å². The van der Waals surface area contributed by atoms with Crippen molar-refractivity contribution in [2.45, 2.75) is 25.7 Å². The molecule has 100 valence electrons. The van der Waals surface area contributed by atoms with E-state index in [4.69, 9.17) is 4.74 Å². The largest absolute Gasteiger partial charge is 0.497 e. The number of fused-ring (bicyclic) bond motifs is 1. The minimum absolute atomic E-state index is 0.650. The lowest BCUT2D eigenvalue weighted by molar-refractivity contribution is 0.412. The second-order valence-electron chi connectivity index (χ2n) is 5.18. The van der Waals surface area contributed by atoms with Crippen LogP contribution in [0.2, 0.25) is 0 Å². The van der Waals surface area contributed by atoms with Gasteiger partial charge in [0.15, 0.2) is 0 Å². The lowest BCUT2D eigenvalue weighted by Crippen LogP contribution is -2.29. The zero-order valence-electron chi connectivity index (χ0n) is 11.9. The van der Waals surface area contributed by atoms with Crippen molar-refractivity contribution >= 4 is 5.69 Å². The normalized spacial score (nSPS) is 18.7. The van der Waals surface area contributed by atoms with Gasteiger partial charge in [-0.3, -0.25) is 0 Å². The molecule has 0 aromatic heterocycles. The van der Waals surface area contributed by atoms with E-state index in [9.17, 15) is 0 Å². The molecule has 1 heterocycles. The highest BCUT2D eigenvalue weighted by Crippen LogP contribution is 2.40. The molecule has 0 bridgehead atoms. The van der Waals surface area contributed by atoms with E-state index in [1.807, 2.05) is 7.05 Å². The molecule has 1 aliphatic rings. The van der Waals surface area contributed by atoms with Crippen LogP contribution >= 0.6 is 0 Å². The first-order chi connectivity index (χ1) is 8.67. The molecule has 0 saturated heterocycles. The summed E-state index contributed by atoms with van der Waals surface area (Å²) in [6.45, 7) is 4.40. The van der Waals surface area contributed by atoms with Gasteiger partial charge in [0.05, 0.1) is 7.11 Å². The maximum Gasteiger partial charge on any atom is 0.119 e. The molecule has 18 heavy (non-hydrogen) atoms. The van der Waals surface area contributed by atoms with Crippen molar-refractivity contribution in [3.05, 3.63) is 23.3 Å². The lowest BCUT2D eigenvalue weighted by Gasteiger charge is -2.35. The maximum atomic E-state index is 5.41. The number of nitrogens with one attached hydrogen (secondary N) is 1. The quantitative estimate of drug-likeness (QED) is 0.886. The summed E-state index contributed by atoms with van der Waals surface area (Å²) in [6, 6.07) is 4.36. The van der Waals surface area contributed by atoms with Crippen molar-refractivity contribution in [2.75, 3.05) is 39.2 Å². The molecule has 3 nitrogen and oxygen atoms in total. The van der Waals surface area contributed by atoms with Gasteiger partial charge in [-0.05, 0) is 62.5 Å². The average Bonchev–Trinajstić information content (AvgIpc) is 2.37. The van der Waals surface area contributed by atoms with E-state index in [0.29, 0.717) is 5.92 Å². The smallest absolute Gasteiger partial charge is 0.119 e. The molecular formula is C15H24N2O. The number of hydrogen-bond donors (Lipinski definition) is 1. The molecule has 1 aromatic rings. The summed E-state index contributed by atoms with van der Waals surface area (Å²) >= 11 is 0. The first kappa shape index (κ1) is 13.2. The van der Waals surface area contributed by atoms with Crippen LogP contribution in [0.4, 0.5) is 5.69 Å². The molecule has 0 fully saturated rings. The van der Waals surface area contributed by atoms with Gasteiger partial charge in [0.25, 0.3) is 0 Å². The van der Waals surface area contributed by atoms with Crippen LogP contribution in [0.25, 0.3) is 0 Å². The fourth-order valence-electron chi connectivity index (χ4n) is 2.96. The van der Waals surface area contributed by atoms with Gasteiger partial charge in [-0.15, -0.1) is 0 Å². The first-order valence-electron chi connectivity index (χ1n) is 6.71. The Morgan fingerprint density at radius 2 is 2.22 bits per heavy atom. The molecule has 0 radical (unpaired) electrons. The van der Waals surface area contributed by atoms with Crippen molar-refractivity contribution in [2.24, 2.45) is 0 Å². The van der Waals surface area contributed by atoms with Gasteiger partial charge in [-0.2, -0.15) is 0 Å². The number of rotatable bonds is 4. The second-order valence-corrected chi connectivity index (χ2v) is 5.18. The molecule has 2 rings (SSSR count). The molecule has 1 aliphatic heterocycles. The van der Waals surface area contributed by atoms with Crippen LogP contribution in [0.15, 0.2) is 12.1 Å². The summed E-state index contributed by atoms with van der Waals surface area (Å²) in [5.41, 5.74) is 4.18. The van der Waals surface area contributed by atoms with Crippen molar-refractivity contribution in [1.82, 2.24) is 5.32 Å². The number of nitrogens with zero attached hydrogens (tertiary/aromatic N) is 1. The van der Waals surface area contributed by atoms with E-state index in [2.05, 4.69) is 36.3 Å². The monoisotopic (exact) mass is 248 g/mol. The van der Waals surface area contributed by atoms with Crippen LogP contribution in [-0.2, 0) is 0 Å². The van der Waals surface area contributed by atoms with Crippen molar-refractivity contribution in [3.63, 3.8) is 0 Å². The van der Waals surface area contributed by atoms with Crippen molar-refractivity contribution < 1.29 is 4.74 Å². The Morgan fingerprint density at radius 3 is 2.89 bits per heavy atom. The third-order valence-corrected chi connectivity index (χ3v) is 3.92. The predicted octanol–water partition coefficient (Wildman–Crippen LogP) is 2.54. The first-order valence-corrected chi connectivity index (χ1v) is 6.71. The van der Waals surface area contributed by atoms with Gasteiger partial charge < -0.3 is 15.0 Å². The Balaban J connectivity index is 2.38. The average molecular weight is 248 g/mol. The number of hydrogen-bond acceptors (Lipinski definition) is 3. The van der Waals surface area contributed by atoms with Gasteiger partial charge in [0.1, 0.15) is 5.75 Å². The number of benzene rings is 1. The Kier molecular flexibility index (Phi) is 4.12. The molecular weight excluding hydrogens is 224 g/mol. The molecule has 1 unspecified atom stereocenters. The summed E-state index contributed by atoms with van der Waals surface area (Å²) in [5.74, 6) is 1.63. The molecule has 0 saturated carbocycles. The molecule has 0 spiro atoms. The molecule has 0 amide bonds. The molecule has 1 atom stereocenters. The van der Waals surface area contributed by atoms with Gasteiger partial charge in [0, 0.05) is 19.3 Å². The highest BCUT2D eigenvalue weighted by atomic mass is 16.5. The van der Waals surface area contributed by atoms with Crippen LogP contribution in [0, 0.1) is 6.92 Å². The standard InChI is InChI=1S/C15H24N2O/c1-11-9-13(18-4)10-14-12(5-7-16-2)6-8-17(3)15(11)14/h9-10,12,16H,5-8H2,1-4H3. The maximum absolute atomic E-state index is 5.41. The van der Waals surface area contributed by atoms with E-state index in [0.717, 1.165) is 18.8 Å². The SMILES string of the molecule is CNCCC1CCN(C)c2c(C)cc(OC)cc21. The van der Waals surface area contributed by atoms with E-state index in [1.165, 1.54) is 29.7 Å². The third kappa shape index (κ3) is 2.46. The van der Waals surface area contributed by atoms with Crippen LogP contribution in [0.5, 0.6) is 5.75 Å². The molecule has 3 heteroatoms. The summed E-state index contributed by atoms with van der Waals surface area (Å²) in [6.07, 6.45) is 2.43. The van der Waals surface area contributed by atoms with E-state index < -0.39 is 0 Å². The minimum atomic E-state index is 0.650. The summed E-state index contributed by atoms with van der Waals surface area (Å²) in [4.78, 5) is 2.37. The Hall–Kier alpha value is -1.22. The molecule has 1 aromatic carbocycles. The van der Waals surface area contributed by atoms with E-state index in [1.54, 1.807) is 7.11 Å². The van der Waals surface area contributed by atoms with Crippen LogP contribution in [-0.4, -0.2) is 34.3 Å². The fraction of sp³-hybridized carbons (Fsp3) is 0.600. The number of methoxy groups -OCH3 is 1. The van der Waals surface area contributed by atoms with Crippen LogP contribution < -0.4 is 15.0 Å². The minimum Gasteiger partial charge on any atom is -0.497 e. The van der Waals surface area contributed by atoms with E-state index in [-0.39, 0.29) is 0 Å². The van der Waals surface area contributed by atoms with Crippen LogP contribution in [0.1, 0.15) is 29.9 Å². The Morgan fingerprint density at radius 1 is 1.44 bits per heavy atom. The molecule has 1 N–H and O–H groups in total. The van der Waals surface area contributed by atoms with Crippen molar-refractivity contribution in [1.29, 1.82) is 0 Å². The lowest BCUT2D eigenvalue weighted by atomic mass is 9.86. The number of aryl methyl sites for hydroxylation is 1. The Bertz CT molecular complexity index is 417. The van der Waals surface area contributed by atoms with E-state index >= 15 is 0 Å². The number of anilines is 1. The molecule has 0 aliphatic carbocycles.